The molecule has 1 aromatic heterocycles. The van der Waals surface area contributed by atoms with Gasteiger partial charge in [0.2, 0.25) is 24.2 Å². The third-order valence-electron chi connectivity index (χ3n) is 4.71. The van der Waals surface area contributed by atoms with Crippen molar-refractivity contribution in [1.82, 2.24) is 4.98 Å². The minimum atomic E-state index is -3.88. The van der Waals surface area contributed by atoms with Crippen LogP contribution in [0.5, 0.6) is 0 Å². The molecule has 0 spiro atoms. The van der Waals surface area contributed by atoms with Gasteiger partial charge in [-0.15, -0.1) is 11.3 Å². The van der Waals surface area contributed by atoms with Crippen molar-refractivity contribution >= 4 is 42.8 Å². The molecule has 11 heteroatoms. The van der Waals surface area contributed by atoms with E-state index in [1.807, 2.05) is 0 Å². The minimum Gasteiger partial charge on any atom is -0.225 e. The molecule has 0 unspecified atom stereocenters. The first-order chi connectivity index (χ1) is 15.5. The Labute approximate surface area is 199 Å². The summed E-state index contributed by atoms with van der Waals surface area (Å²) in [5, 5.41) is 5.66. The standard InChI is InChI=1S/C22H16ClFN2O4S3/c23-17-7-1-14(2-8-17)13-32(27,28)22-26-20(15-3-9-18(24)10-4-15)21(31-22)16-5-11-19(12-6-16)33(25,29)30/h1-12H,13H2,(H2,25,29,30). The zero-order valence-corrected chi connectivity index (χ0v) is 20.0. The van der Waals surface area contributed by atoms with E-state index in [1.165, 1.54) is 48.5 Å². The van der Waals surface area contributed by atoms with Gasteiger partial charge in [-0.3, -0.25) is 0 Å². The van der Waals surface area contributed by atoms with Crippen molar-refractivity contribution in [3.63, 3.8) is 0 Å². The molecule has 0 radical (unpaired) electrons. The zero-order valence-electron chi connectivity index (χ0n) is 16.8. The van der Waals surface area contributed by atoms with E-state index in [1.54, 1.807) is 24.3 Å². The van der Waals surface area contributed by atoms with Crippen molar-refractivity contribution in [3.05, 3.63) is 89.2 Å². The summed E-state index contributed by atoms with van der Waals surface area (Å²) in [6, 6.07) is 17.7. The van der Waals surface area contributed by atoms with Crippen LogP contribution >= 0.6 is 22.9 Å². The summed E-state index contributed by atoms with van der Waals surface area (Å²) in [7, 11) is -7.69. The molecule has 4 aromatic rings. The Bertz CT molecular complexity index is 1520. The number of hydrogen-bond acceptors (Lipinski definition) is 6. The number of nitrogens with zero attached hydrogens (tertiary/aromatic N) is 1. The van der Waals surface area contributed by atoms with Crippen LogP contribution in [0.15, 0.2) is 82.0 Å². The van der Waals surface area contributed by atoms with Gasteiger partial charge >= 0.3 is 0 Å². The molecule has 0 saturated carbocycles. The Morgan fingerprint density at radius 2 is 1.42 bits per heavy atom. The summed E-state index contributed by atoms with van der Waals surface area (Å²) < 4.78 is 62.7. The summed E-state index contributed by atoms with van der Waals surface area (Å²) in [6.45, 7) is 0. The number of aromatic nitrogens is 1. The van der Waals surface area contributed by atoms with Crippen LogP contribution in [0.2, 0.25) is 5.02 Å². The number of rotatable bonds is 6. The van der Waals surface area contributed by atoms with Gasteiger partial charge in [-0.05, 0) is 59.7 Å². The third kappa shape index (κ3) is 5.31. The minimum absolute atomic E-state index is 0.0744. The first kappa shape index (κ1) is 23.5. The highest BCUT2D eigenvalue weighted by atomic mass is 35.5. The maximum atomic E-state index is 13.5. The number of primary sulfonamides is 1. The molecular weight excluding hydrogens is 507 g/mol. The van der Waals surface area contributed by atoms with Crippen LogP contribution in [0.1, 0.15) is 5.56 Å². The van der Waals surface area contributed by atoms with E-state index < -0.39 is 25.7 Å². The van der Waals surface area contributed by atoms with Gasteiger partial charge in [0.15, 0.2) is 0 Å². The molecule has 3 aromatic carbocycles. The van der Waals surface area contributed by atoms with Crippen molar-refractivity contribution in [1.29, 1.82) is 0 Å². The average Bonchev–Trinajstić information content (AvgIpc) is 3.22. The van der Waals surface area contributed by atoms with Crippen LogP contribution in [0.4, 0.5) is 4.39 Å². The number of halogens is 2. The van der Waals surface area contributed by atoms with Crippen LogP contribution in [0, 0.1) is 5.82 Å². The number of nitrogens with two attached hydrogens (primary N) is 1. The number of benzene rings is 3. The molecule has 170 valence electrons. The predicted molar refractivity (Wildman–Crippen MR) is 127 cm³/mol. The molecular formula is C22H16ClFN2O4S3. The lowest BCUT2D eigenvalue weighted by molar-refractivity contribution is 0.593. The molecule has 0 saturated heterocycles. The van der Waals surface area contributed by atoms with E-state index in [2.05, 4.69) is 4.98 Å². The molecule has 0 aliphatic carbocycles. The predicted octanol–water partition coefficient (Wildman–Crippen LogP) is 4.89. The number of sulfone groups is 1. The fraction of sp³-hybridized carbons (Fsp3) is 0.0455. The molecule has 6 nitrogen and oxygen atoms in total. The second kappa shape index (κ2) is 8.96. The van der Waals surface area contributed by atoms with Crippen molar-refractivity contribution in [3.8, 4) is 21.7 Å². The highest BCUT2D eigenvalue weighted by Gasteiger charge is 2.25. The van der Waals surface area contributed by atoms with Crippen molar-refractivity contribution < 1.29 is 21.2 Å². The molecule has 0 aliphatic rings. The molecule has 2 N–H and O–H groups in total. The second-order valence-corrected chi connectivity index (χ2v) is 12.3. The van der Waals surface area contributed by atoms with E-state index in [4.69, 9.17) is 16.7 Å². The SMILES string of the molecule is NS(=O)(=O)c1ccc(-c2sc(S(=O)(=O)Cc3ccc(Cl)cc3)nc2-c2ccc(F)cc2)cc1. The van der Waals surface area contributed by atoms with Crippen LogP contribution in [-0.2, 0) is 25.6 Å². The summed E-state index contributed by atoms with van der Waals surface area (Å²) >= 11 is 6.83. The van der Waals surface area contributed by atoms with Crippen LogP contribution in [0.25, 0.3) is 21.7 Å². The highest BCUT2D eigenvalue weighted by Crippen LogP contribution is 2.39. The van der Waals surface area contributed by atoms with Gasteiger partial charge < -0.3 is 0 Å². The van der Waals surface area contributed by atoms with Gasteiger partial charge in [0, 0.05) is 10.6 Å². The average molecular weight is 523 g/mol. The maximum absolute atomic E-state index is 13.5. The molecule has 4 rings (SSSR count). The molecule has 0 atom stereocenters. The van der Waals surface area contributed by atoms with Gasteiger partial charge in [0.25, 0.3) is 0 Å². The molecule has 33 heavy (non-hydrogen) atoms. The summed E-state index contributed by atoms with van der Waals surface area (Å²) in [5.74, 6) is -0.715. The van der Waals surface area contributed by atoms with Crippen molar-refractivity contribution in [2.75, 3.05) is 0 Å². The second-order valence-electron chi connectivity index (χ2n) is 7.12. The van der Waals surface area contributed by atoms with Crippen LogP contribution in [0.3, 0.4) is 0 Å². The first-order valence-electron chi connectivity index (χ1n) is 9.40. The van der Waals surface area contributed by atoms with Gasteiger partial charge in [-0.25, -0.2) is 31.3 Å². The number of hydrogen-bond donors (Lipinski definition) is 1. The fourth-order valence-corrected chi connectivity index (χ4v) is 6.48. The van der Waals surface area contributed by atoms with E-state index in [0.717, 1.165) is 11.3 Å². The fourth-order valence-electron chi connectivity index (χ4n) is 3.09. The van der Waals surface area contributed by atoms with Crippen LogP contribution < -0.4 is 5.14 Å². The molecule has 0 aliphatic heterocycles. The molecule has 0 bridgehead atoms. The topological polar surface area (TPSA) is 107 Å². The Morgan fingerprint density at radius 1 is 0.848 bits per heavy atom. The smallest absolute Gasteiger partial charge is 0.225 e. The Balaban J connectivity index is 1.81. The first-order valence-corrected chi connectivity index (χ1v) is 13.8. The summed E-state index contributed by atoms with van der Waals surface area (Å²) in [6.07, 6.45) is 0. The quantitative estimate of drug-likeness (QED) is 0.388. The lowest BCUT2D eigenvalue weighted by Gasteiger charge is -2.04. The van der Waals surface area contributed by atoms with Gasteiger partial charge in [0.1, 0.15) is 5.82 Å². The van der Waals surface area contributed by atoms with E-state index >= 15 is 0 Å². The normalized spacial score (nSPS) is 12.1. The lowest BCUT2D eigenvalue weighted by atomic mass is 10.1. The summed E-state index contributed by atoms with van der Waals surface area (Å²) in [4.78, 5) is 4.81. The van der Waals surface area contributed by atoms with E-state index in [0.29, 0.717) is 32.3 Å². The Kier molecular flexibility index (Phi) is 6.39. The molecule has 0 amide bonds. The number of sulfonamides is 1. The van der Waals surface area contributed by atoms with Gasteiger partial charge in [-0.1, -0.05) is 35.9 Å². The zero-order chi connectivity index (χ0) is 23.8. The van der Waals surface area contributed by atoms with E-state index in [-0.39, 0.29) is 15.0 Å². The number of thiazole rings is 1. The highest BCUT2D eigenvalue weighted by molar-refractivity contribution is 7.92. The third-order valence-corrected chi connectivity index (χ3v) is 9.14. The Hall–Kier alpha value is -2.63. The van der Waals surface area contributed by atoms with Crippen molar-refractivity contribution in [2.45, 2.75) is 15.0 Å². The van der Waals surface area contributed by atoms with Gasteiger partial charge in [0.05, 0.1) is 21.2 Å². The van der Waals surface area contributed by atoms with Gasteiger partial charge in [-0.2, -0.15) is 0 Å². The monoisotopic (exact) mass is 522 g/mol. The van der Waals surface area contributed by atoms with Crippen LogP contribution in [-0.4, -0.2) is 21.8 Å². The summed E-state index contributed by atoms with van der Waals surface area (Å²) in [5.41, 5.74) is 1.97. The van der Waals surface area contributed by atoms with Crippen molar-refractivity contribution in [2.24, 2.45) is 5.14 Å². The Morgan fingerprint density at radius 3 is 2.00 bits per heavy atom. The van der Waals surface area contributed by atoms with E-state index in [9.17, 15) is 21.2 Å². The maximum Gasteiger partial charge on any atom is 0.238 e. The molecule has 0 fully saturated rings. The largest absolute Gasteiger partial charge is 0.238 e. The molecule has 1 heterocycles. The lowest BCUT2D eigenvalue weighted by Crippen LogP contribution is -2.11.